The van der Waals surface area contributed by atoms with Crippen molar-refractivity contribution in [3.05, 3.63) is 277 Å². The molecule has 0 fully saturated rings. The fourth-order valence-corrected chi connectivity index (χ4v) is 10.3. The normalized spacial score (nSPS) is 12.6. The first kappa shape index (κ1) is 36.6. The minimum absolute atomic E-state index is 0.453. The van der Waals surface area contributed by atoms with E-state index in [1.165, 1.54) is 83.1 Å². The molecule has 0 amide bonds. The van der Waals surface area contributed by atoms with E-state index >= 15 is 0 Å². The van der Waals surface area contributed by atoms with Gasteiger partial charge in [-0.1, -0.05) is 188 Å². The van der Waals surface area contributed by atoms with Gasteiger partial charge in [-0.3, -0.25) is 0 Å². The Labute approximate surface area is 368 Å². The van der Waals surface area contributed by atoms with Gasteiger partial charge in [0.1, 0.15) is 0 Å². The van der Waals surface area contributed by atoms with Crippen molar-refractivity contribution in [2.24, 2.45) is 0 Å². The molecule has 0 bridgehead atoms. The van der Waals surface area contributed by atoms with Crippen molar-refractivity contribution in [1.82, 2.24) is 4.57 Å². The number of anilines is 3. The van der Waals surface area contributed by atoms with E-state index in [2.05, 4.69) is 264 Å². The van der Waals surface area contributed by atoms with Crippen LogP contribution in [-0.2, 0) is 5.41 Å². The molecule has 0 atom stereocenters. The van der Waals surface area contributed by atoms with Gasteiger partial charge in [-0.05, 0) is 122 Å². The minimum atomic E-state index is -0.453. The molecule has 0 unspecified atom stereocenters. The summed E-state index contributed by atoms with van der Waals surface area (Å²) < 4.78 is 2.37. The van der Waals surface area contributed by atoms with Crippen molar-refractivity contribution in [2.45, 2.75) is 5.41 Å². The lowest BCUT2D eigenvalue weighted by Gasteiger charge is -2.34. The highest BCUT2D eigenvalue weighted by atomic mass is 15.1. The molecule has 11 aromatic rings. The summed E-state index contributed by atoms with van der Waals surface area (Å²) in [5.41, 5.74) is 18.8. The summed E-state index contributed by atoms with van der Waals surface area (Å²) in [5, 5.41) is 2.50. The quantitative estimate of drug-likeness (QED) is 0.149. The van der Waals surface area contributed by atoms with Crippen molar-refractivity contribution >= 4 is 38.9 Å². The maximum atomic E-state index is 2.41. The first-order chi connectivity index (χ1) is 31.3. The van der Waals surface area contributed by atoms with E-state index in [9.17, 15) is 0 Å². The third-order valence-electron chi connectivity index (χ3n) is 13.1. The smallest absolute Gasteiger partial charge is 0.0713 e. The zero-order valence-electron chi connectivity index (χ0n) is 34.6. The highest BCUT2D eigenvalue weighted by Gasteiger charge is 2.46. The Morgan fingerprint density at radius 2 is 0.778 bits per heavy atom. The van der Waals surface area contributed by atoms with Gasteiger partial charge >= 0.3 is 0 Å². The summed E-state index contributed by atoms with van der Waals surface area (Å²) >= 11 is 0. The van der Waals surface area contributed by atoms with Crippen LogP contribution in [0.5, 0.6) is 0 Å². The molecule has 0 spiro atoms. The number of benzene rings is 10. The van der Waals surface area contributed by atoms with Crippen LogP contribution < -0.4 is 4.90 Å². The van der Waals surface area contributed by atoms with Crippen molar-refractivity contribution in [3.63, 3.8) is 0 Å². The SMILES string of the molecule is c1ccc(-c2ccc(N(c3ccc(-c4ccc5c(c4)c4ccccc4n5-c4ccccc4)cc3)c3ccc4c(c3)-c3ccccc3C4(c3ccccc3)c3ccccc3)cc2)cc1. The molecular formula is C61H42N2. The van der Waals surface area contributed by atoms with Crippen LogP contribution in [0.25, 0.3) is 60.9 Å². The molecule has 63 heavy (non-hydrogen) atoms. The maximum absolute atomic E-state index is 2.41. The maximum Gasteiger partial charge on any atom is 0.0713 e. The number of rotatable bonds is 8. The number of fused-ring (bicyclic) bond motifs is 6. The Kier molecular flexibility index (Phi) is 8.76. The second-order valence-electron chi connectivity index (χ2n) is 16.5. The monoisotopic (exact) mass is 802 g/mol. The number of nitrogens with zero attached hydrogens (tertiary/aromatic N) is 2. The molecule has 0 N–H and O–H groups in total. The Balaban J connectivity index is 0.999. The lowest BCUT2D eigenvalue weighted by Crippen LogP contribution is -2.28. The summed E-state index contributed by atoms with van der Waals surface area (Å²) in [6, 6.07) is 93.1. The zero-order chi connectivity index (χ0) is 41.7. The van der Waals surface area contributed by atoms with E-state index in [1.54, 1.807) is 0 Å². The van der Waals surface area contributed by atoms with Gasteiger partial charge in [0.15, 0.2) is 0 Å². The Hall–Kier alpha value is -8.20. The van der Waals surface area contributed by atoms with Crippen LogP contribution in [0.3, 0.4) is 0 Å². The van der Waals surface area contributed by atoms with E-state index in [-0.39, 0.29) is 0 Å². The van der Waals surface area contributed by atoms with Crippen LogP contribution in [0.1, 0.15) is 22.3 Å². The van der Waals surface area contributed by atoms with Crippen LogP contribution in [0.2, 0.25) is 0 Å². The molecule has 1 heterocycles. The van der Waals surface area contributed by atoms with Crippen molar-refractivity contribution in [3.8, 4) is 39.1 Å². The molecule has 2 nitrogen and oxygen atoms in total. The van der Waals surface area contributed by atoms with Gasteiger partial charge in [0, 0.05) is 33.5 Å². The van der Waals surface area contributed by atoms with Crippen molar-refractivity contribution in [1.29, 1.82) is 0 Å². The highest BCUT2D eigenvalue weighted by Crippen LogP contribution is 2.57. The van der Waals surface area contributed by atoms with Crippen LogP contribution in [0.4, 0.5) is 17.1 Å². The van der Waals surface area contributed by atoms with Crippen molar-refractivity contribution < 1.29 is 0 Å². The molecule has 10 aromatic carbocycles. The largest absolute Gasteiger partial charge is 0.310 e. The topological polar surface area (TPSA) is 8.17 Å². The third-order valence-corrected chi connectivity index (χ3v) is 13.1. The fraction of sp³-hybridized carbons (Fsp3) is 0.0164. The van der Waals surface area contributed by atoms with E-state index in [4.69, 9.17) is 0 Å². The number of para-hydroxylation sites is 2. The summed E-state index contributed by atoms with van der Waals surface area (Å²) in [7, 11) is 0. The van der Waals surface area contributed by atoms with Gasteiger partial charge in [0.25, 0.3) is 0 Å². The average molecular weight is 803 g/mol. The zero-order valence-corrected chi connectivity index (χ0v) is 34.6. The molecule has 0 radical (unpaired) electrons. The second-order valence-corrected chi connectivity index (χ2v) is 16.5. The standard InChI is InChI=1S/C61H42N2/c1-5-17-43(18-6-1)44-29-34-50(35-30-44)62(51-36-31-45(32-37-51)46-33-40-60-56(41-46)54-26-14-16-28-59(54)63(60)49-23-11-4-12-24-49)52-38-39-58-55(42-52)53-25-13-15-27-57(53)61(58,47-19-7-2-8-20-47)48-21-9-3-10-22-48/h1-42H. The van der Waals surface area contributed by atoms with Gasteiger partial charge in [-0.2, -0.15) is 0 Å². The first-order valence-electron chi connectivity index (χ1n) is 21.8. The predicted molar refractivity (Wildman–Crippen MR) is 264 cm³/mol. The van der Waals surface area contributed by atoms with E-state index in [1.807, 2.05) is 0 Å². The van der Waals surface area contributed by atoms with Crippen LogP contribution >= 0.6 is 0 Å². The van der Waals surface area contributed by atoms with Crippen LogP contribution in [-0.4, -0.2) is 4.57 Å². The van der Waals surface area contributed by atoms with Gasteiger partial charge in [0.05, 0.1) is 16.4 Å². The number of hydrogen-bond acceptors (Lipinski definition) is 1. The molecule has 1 aromatic heterocycles. The van der Waals surface area contributed by atoms with Crippen LogP contribution in [0.15, 0.2) is 255 Å². The Morgan fingerprint density at radius 1 is 0.302 bits per heavy atom. The molecular weight excluding hydrogens is 761 g/mol. The Bertz CT molecular complexity index is 3370. The van der Waals surface area contributed by atoms with Gasteiger partial charge in [-0.15, -0.1) is 0 Å². The highest BCUT2D eigenvalue weighted by molar-refractivity contribution is 6.10. The van der Waals surface area contributed by atoms with Gasteiger partial charge in [-0.25, -0.2) is 0 Å². The van der Waals surface area contributed by atoms with E-state index < -0.39 is 5.41 Å². The summed E-state index contributed by atoms with van der Waals surface area (Å²) in [6.07, 6.45) is 0. The predicted octanol–water partition coefficient (Wildman–Crippen LogP) is 16.0. The molecule has 0 saturated carbocycles. The van der Waals surface area contributed by atoms with E-state index in [0.717, 1.165) is 17.1 Å². The molecule has 296 valence electrons. The molecule has 1 aliphatic carbocycles. The second kappa shape index (κ2) is 15.1. The minimum Gasteiger partial charge on any atom is -0.310 e. The average Bonchev–Trinajstić information content (AvgIpc) is 3.86. The van der Waals surface area contributed by atoms with E-state index in [0.29, 0.717) is 0 Å². The molecule has 1 aliphatic rings. The first-order valence-corrected chi connectivity index (χ1v) is 21.8. The summed E-state index contributed by atoms with van der Waals surface area (Å²) in [4.78, 5) is 2.41. The summed E-state index contributed by atoms with van der Waals surface area (Å²) in [5.74, 6) is 0. The van der Waals surface area contributed by atoms with Gasteiger partial charge < -0.3 is 9.47 Å². The lowest BCUT2D eigenvalue weighted by molar-refractivity contribution is 0.768. The summed E-state index contributed by atoms with van der Waals surface area (Å²) in [6.45, 7) is 0. The van der Waals surface area contributed by atoms with Gasteiger partial charge in [0.2, 0.25) is 0 Å². The Morgan fingerprint density at radius 3 is 1.44 bits per heavy atom. The molecule has 0 aliphatic heterocycles. The lowest BCUT2D eigenvalue weighted by atomic mass is 9.68. The van der Waals surface area contributed by atoms with Crippen molar-refractivity contribution in [2.75, 3.05) is 4.90 Å². The number of aromatic nitrogens is 1. The molecule has 12 rings (SSSR count). The van der Waals surface area contributed by atoms with Crippen LogP contribution in [0, 0.1) is 0 Å². The molecule has 0 saturated heterocycles. The third kappa shape index (κ3) is 5.95. The number of hydrogen-bond donors (Lipinski definition) is 0. The molecule has 2 heteroatoms. The fourth-order valence-electron chi connectivity index (χ4n) is 10.3.